The summed E-state index contributed by atoms with van der Waals surface area (Å²) in [5.41, 5.74) is 0.598. The molecule has 1 aromatic rings. The summed E-state index contributed by atoms with van der Waals surface area (Å²) in [5.74, 6) is -1.07. The molecule has 7 heteroatoms. The molecule has 5 nitrogen and oxygen atoms in total. The zero-order valence-corrected chi connectivity index (χ0v) is 12.9. The van der Waals surface area contributed by atoms with Crippen LogP contribution in [-0.4, -0.2) is 24.6 Å². The topological polar surface area (TPSA) is 83.5 Å². The Bertz CT molecular complexity index is 507. The number of amides is 1. The number of nitrogens with one attached hydrogen (secondary N) is 1. The van der Waals surface area contributed by atoms with E-state index < -0.39 is 27.8 Å². The SMILES string of the molecule is C=CC(=O)NC(CS(=O)(=O)O)c1ccccc1.[H-].[Na+]. The first-order valence-electron chi connectivity index (χ1n) is 4.85. The molecular weight excluding hydrogens is 265 g/mol. The summed E-state index contributed by atoms with van der Waals surface area (Å²) in [5, 5.41) is 2.44. The van der Waals surface area contributed by atoms with Crippen molar-refractivity contribution in [3.63, 3.8) is 0 Å². The van der Waals surface area contributed by atoms with E-state index in [1.165, 1.54) is 0 Å². The molecule has 2 N–H and O–H groups in total. The predicted octanol–water partition coefficient (Wildman–Crippen LogP) is -1.97. The van der Waals surface area contributed by atoms with Crippen molar-refractivity contribution in [1.82, 2.24) is 5.32 Å². The molecule has 1 atom stereocenters. The third-order valence-electron chi connectivity index (χ3n) is 2.08. The molecule has 1 unspecified atom stereocenters. The number of rotatable bonds is 5. The maximum Gasteiger partial charge on any atom is 1.00 e. The number of hydrogen-bond acceptors (Lipinski definition) is 3. The Morgan fingerprint density at radius 3 is 2.44 bits per heavy atom. The average Bonchev–Trinajstić information content (AvgIpc) is 2.27. The maximum atomic E-state index is 11.2. The van der Waals surface area contributed by atoms with Crippen LogP contribution in [0.4, 0.5) is 0 Å². The second-order valence-corrected chi connectivity index (χ2v) is 4.92. The molecule has 0 fully saturated rings. The summed E-state index contributed by atoms with van der Waals surface area (Å²) in [4.78, 5) is 11.2. The molecule has 0 aliphatic heterocycles. The Morgan fingerprint density at radius 1 is 1.44 bits per heavy atom. The number of benzene rings is 1. The van der Waals surface area contributed by atoms with E-state index >= 15 is 0 Å². The van der Waals surface area contributed by atoms with Gasteiger partial charge in [0, 0.05) is 0 Å². The van der Waals surface area contributed by atoms with Crippen LogP contribution in [0.2, 0.25) is 0 Å². The van der Waals surface area contributed by atoms with Gasteiger partial charge in [0.25, 0.3) is 10.1 Å². The van der Waals surface area contributed by atoms with Crippen molar-refractivity contribution in [1.29, 1.82) is 0 Å². The predicted molar refractivity (Wildman–Crippen MR) is 65.1 cm³/mol. The molecule has 0 aromatic heterocycles. The molecule has 94 valence electrons. The normalized spacial score (nSPS) is 12.1. The average molecular weight is 279 g/mol. The van der Waals surface area contributed by atoms with Crippen LogP contribution in [0.3, 0.4) is 0 Å². The minimum absolute atomic E-state index is 0. The van der Waals surface area contributed by atoms with Crippen molar-refractivity contribution >= 4 is 16.0 Å². The maximum absolute atomic E-state index is 11.2. The third kappa shape index (κ3) is 6.32. The van der Waals surface area contributed by atoms with Crippen molar-refractivity contribution in [3.8, 4) is 0 Å². The quantitative estimate of drug-likeness (QED) is 0.372. The van der Waals surface area contributed by atoms with Gasteiger partial charge in [-0.3, -0.25) is 9.35 Å². The molecule has 1 rings (SSSR count). The standard InChI is InChI=1S/C11H13NO4S.Na.H/c1-2-11(13)12-10(8-17(14,15)16)9-6-4-3-5-7-9;;/h2-7,10H,1,8H2,(H,12,13)(H,14,15,16);;/q;+1;-1. The Morgan fingerprint density at radius 2 is 2.00 bits per heavy atom. The summed E-state index contributed by atoms with van der Waals surface area (Å²) in [6, 6.07) is 7.73. The fourth-order valence-corrected chi connectivity index (χ4v) is 2.04. The van der Waals surface area contributed by atoms with Crippen molar-refractivity contribution in [2.24, 2.45) is 0 Å². The van der Waals surface area contributed by atoms with Gasteiger partial charge >= 0.3 is 29.6 Å². The van der Waals surface area contributed by atoms with E-state index in [1.807, 2.05) is 0 Å². The van der Waals surface area contributed by atoms with Crippen LogP contribution in [0.25, 0.3) is 0 Å². The first kappa shape index (κ1) is 17.3. The van der Waals surface area contributed by atoms with Crippen LogP contribution in [0.15, 0.2) is 43.0 Å². The van der Waals surface area contributed by atoms with Gasteiger partial charge < -0.3 is 6.74 Å². The smallest absolute Gasteiger partial charge is 1.00 e. The van der Waals surface area contributed by atoms with Crippen molar-refractivity contribution < 1.29 is 48.7 Å². The first-order valence-corrected chi connectivity index (χ1v) is 6.46. The fraction of sp³-hybridized carbons (Fsp3) is 0.182. The Hall–Kier alpha value is -0.660. The summed E-state index contributed by atoms with van der Waals surface area (Å²) < 4.78 is 30.6. The van der Waals surface area contributed by atoms with E-state index in [1.54, 1.807) is 30.3 Å². The molecule has 1 aromatic carbocycles. The van der Waals surface area contributed by atoms with E-state index in [9.17, 15) is 13.2 Å². The second-order valence-electron chi connectivity index (χ2n) is 3.42. The van der Waals surface area contributed by atoms with Crippen molar-refractivity contribution in [2.75, 3.05) is 5.75 Å². The number of hydrogen-bond donors (Lipinski definition) is 2. The second kappa shape index (κ2) is 7.70. The summed E-state index contributed by atoms with van der Waals surface area (Å²) in [7, 11) is -4.17. The van der Waals surface area contributed by atoms with E-state index in [-0.39, 0.29) is 31.0 Å². The van der Waals surface area contributed by atoms with Gasteiger partial charge in [-0.15, -0.1) is 0 Å². The van der Waals surface area contributed by atoms with Gasteiger partial charge in [-0.05, 0) is 11.6 Å². The largest absolute Gasteiger partial charge is 1.00 e. The van der Waals surface area contributed by atoms with Crippen LogP contribution in [-0.2, 0) is 14.9 Å². The number of carbonyl (C=O) groups is 1. The molecule has 0 spiro atoms. The molecule has 0 heterocycles. The van der Waals surface area contributed by atoms with E-state index in [2.05, 4.69) is 11.9 Å². The van der Waals surface area contributed by atoms with Crippen molar-refractivity contribution in [3.05, 3.63) is 48.6 Å². The third-order valence-corrected chi connectivity index (χ3v) is 2.84. The minimum Gasteiger partial charge on any atom is -1.00 e. The molecule has 0 saturated carbocycles. The summed E-state index contributed by atoms with van der Waals surface area (Å²) in [6.07, 6.45) is 1.04. The van der Waals surface area contributed by atoms with Gasteiger partial charge in [0.2, 0.25) is 5.91 Å². The molecular formula is C11H14NNaO4S. The molecule has 1 amide bonds. The summed E-state index contributed by atoms with van der Waals surface area (Å²) >= 11 is 0. The molecule has 0 aliphatic rings. The van der Waals surface area contributed by atoms with Crippen LogP contribution in [0.1, 0.15) is 13.0 Å². The van der Waals surface area contributed by atoms with Crippen LogP contribution in [0.5, 0.6) is 0 Å². The van der Waals surface area contributed by atoms with E-state index in [0.29, 0.717) is 5.56 Å². The van der Waals surface area contributed by atoms with Gasteiger partial charge in [-0.25, -0.2) is 0 Å². The van der Waals surface area contributed by atoms with E-state index in [4.69, 9.17) is 4.55 Å². The van der Waals surface area contributed by atoms with Crippen LogP contribution in [0, 0.1) is 0 Å². The van der Waals surface area contributed by atoms with Gasteiger partial charge in [-0.2, -0.15) is 8.42 Å². The van der Waals surface area contributed by atoms with Gasteiger partial charge in [0.15, 0.2) is 0 Å². The molecule has 0 aliphatic carbocycles. The Labute approximate surface area is 130 Å². The summed E-state index contributed by atoms with van der Waals surface area (Å²) in [6.45, 7) is 3.28. The zero-order chi connectivity index (χ0) is 12.9. The molecule has 18 heavy (non-hydrogen) atoms. The minimum atomic E-state index is -4.17. The van der Waals surface area contributed by atoms with Gasteiger partial charge in [-0.1, -0.05) is 36.9 Å². The zero-order valence-electron chi connectivity index (χ0n) is 11.0. The number of carbonyl (C=O) groups excluding carboxylic acids is 1. The van der Waals surface area contributed by atoms with Gasteiger partial charge in [0.1, 0.15) is 0 Å². The molecule has 0 radical (unpaired) electrons. The first-order chi connectivity index (χ1) is 7.92. The van der Waals surface area contributed by atoms with E-state index in [0.717, 1.165) is 6.08 Å². The molecule has 0 bridgehead atoms. The van der Waals surface area contributed by atoms with Gasteiger partial charge in [0.05, 0.1) is 11.8 Å². The van der Waals surface area contributed by atoms with Crippen LogP contribution < -0.4 is 34.9 Å². The Kier molecular flexibility index (Phi) is 7.42. The van der Waals surface area contributed by atoms with Crippen LogP contribution >= 0.6 is 0 Å². The van der Waals surface area contributed by atoms with Crippen molar-refractivity contribution in [2.45, 2.75) is 6.04 Å². The molecule has 0 saturated heterocycles. The Balaban J connectivity index is 0. The fourth-order valence-electron chi connectivity index (χ4n) is 1.35. The monoisotopic (exact) mass is 279 g/mol.